The Morgan fingerprint density at radius 1 is 1.22 bits per heavy atom. The summed E-state index contributed by atoms with van der Waals surface area (Å²) in [5.41, 5.74) is 0.902. The lowest BCUT2D eigenvalue weighted by Crippen LogP contribution is -2.26. The number of anilines is 1. The molecule has 0 aliphatic carbocycles. The summed E-state index contributed by atoms with van der Waals surface area (Å²) in [6.07, 6.45) is 0. The third kappa shape index (κ3) is 3.64. The number of nitrogens with zero attached hydrogens (tertiary/aromatic N) is 3. The summed E-state index contributed by atoms with van der Waals surface area (Å²) < 4.78 is 25.6. The number of ether oxygens (including phenoxy) is 2. The molecule has 0 bridgehead atoms. The first kappa shape index (κ1) is 18.5. The molecule has 27 heavy (non-hydrogen) atoms. The molecule has 142 valence electrons. The fourth-order valence-corrected chi connectivity index (χ4v) is 2.76. The summed E-state index contributed by atoms with van der Waals surface area (Å²) in [5, 5.41) is 14.0. The van der Waals surface area contributed by atoms with E-state index in [0.29, 0.717) is 29.2 Å². The smallest absolute Gasteiger partial charge is 0.261 e. The van der Waals surface area contributed by atoms with Crippen molar-refractivity contribution < 1.29 is 19.1 Å². The van der Waals surface area contributed by atoms with Crippen LogP contribution in [0, 0.1) is 5.82 Å². The molecule has 0 unspecified atom stereocenters. The fourth-order valence-electron chi connectivity index (χ4n) is 2.76. The molecule has 7 nitrogen and oxygen atoms in total. The molecule has 8 heteroatoms. The number of fused-ring (bicyclic) bond motifs is 1. The minimum absolute atomic E-state index is 0.0126. The van der Waals surface area contributed by atoms with Crippen molar-refractivity contribution >= 4 is 16.7 Å². The third-order valence-corrected chi connectivity index (χ3v) is 4.08. The summed E-state index contributed by atoms with van der Waals surface area (Å²) in [7, 11) is 3.13. The summed E-state index contributed by atoms with van der Waals surface area (Å²) >= 11 is 0. The highest BCUT2D eigenvalue weighted by Gasteiger charge is 2.12. The molecule has 0 aliphatic rings. The number of halogens is 1. The van der Waals surface area contributed by atoms with E-state index in [0.717, 1.165) is 10.3 Å². The van der Waals surface area contributed by atoms with Gasteiger partial charge in [0.15, 0.2) is 5.82 Å². The van der Waals surface area contributed by atoms with Crippen molar-refractivity contribution in [1.29, 1.82) is 0 Å². The monoisotopic (exact) mass is 372 g/mol. The minimum Gasteiger partial charge on any atom is -0.497 e. The van der Waals surface area contributed by atoms with Gasteiger partial charge >= 0.3 is 0 Å². The number of aromatic nitrogens is 2. The summed E-state index contributed by atoms with van der Waals surface area (Å²) in [6.45, 7) is 2.61. The van der Waals surface area contributed by atoms with E-state index in [4.69, 9.17) is 9.47 Å². The second kappa shape index (κ2) is 7.94. The van der Waals surface area contributed by atoms with Crippen molar-refractivity contribution in [3.05, 3.63) is 53.4 Å². The number of methoxy groups -OCH3 is 2. The number of para-hydroxylation sites is 1. The van der Waals surface area contributed by atoms with Crippen molar-refractivity contribution in [3.8, 4) is 11.5 Å². The van der Waals surface area contributed by atoms with E-state index >= 15 is 0 Å². The van der Waals surface area contributed by atoms with Gasteiger partial charge in [-0.1, -0.05) is 6.07 Å². The molecular weight excluding hydrogens is 351 g/mol. The van der Waals surface area contributed by atoms with Crippen molar-refractivity contribution in [1.82, 2.24) is 9.71 Å². The van der Waals surface area contributed by atoms with E-state index < -0.39 is 5.82 Å². The van der Waals surface area contributed by atoms with Crippen molar-refractivity contribution in [2.45, 2.75) is 13.5 Å². The Morgan fingerprint density at radius 3 is 2.74 bits per heavy atom. The van der Waals surface area contributed by atoms with Crippen molar-refractivity contribution in [3.63, 3.8) is 0 Å². The number of hydrogen-bond acceptors (Lipinski definition) is 6. The molecule has 0 amide bonds. The predicted octanol–water partition coefficient (Wildman–Crippen LogP) is 2.96. The van der Waals surface area contributed by atoms with Gasteiger partial charge in [0.25, 0.3) is 5.62 Å². The number of rotatable bonds is 6. The average molecular weight is 372 g/mol. The predicted molar refractivity (Wildman–Crippen MR) is 99.9 cm³/mol. The zero-order valence-electron chi connectivity index (χ0n) is 15.4. The molecule has 0 aliphatic heterocycles. The standard InChI is InChI=1S/C19H21FN4O3/c1-4-21-18-14-6-5-7-15(20)17(14)23-19(24(18)25)22-11-12-8-9-13(26-2)10-16(12)27-3/h5-10,21,25H,4,11H2,1-3H3. The van der Waals surface area contributed by atoms with Crippen molar-refractivity contribution in [2.75, 3.05) is 26.1 Å². The molecule has 0 atom stereocenters. The lowest BCUT2D eigenvalue weighted by atomic mass is 10.2. The Hall–Kier alpha value is -3.29. The van der Waals surface area contributed by atoms with Crippen LogP contribution in [0.5, 0.6) is 11.5 Å². The lowest BCUT2D eigenvalue weighted by molar-refractivity contribution is 0.173. The molecule has 0 radical (unpaired) electrons. The molecule has 1 aromatic heterocycles. The van der Waals surface area contributed by atoms with E-state index in [9.17, 15) is 9.60 Å². The highest BCUT2D eigenvalue weighted by molar-refractivity contribution is 5.89. The van der Waals surface area contributed by atoms with Gasteiger partial charge in [-0.05, 0) is 31.2 Å². The Bertz CT molecular complexity index is 1030. The van der Waals surface area contributed by atoms with Gasteiger partial charge in [0.05, 0.1) is 20.8 Å². The quantitative estimate of drug-likeness (QED) is 0.650. The van der Waals surface area contributed by atoms with Crippen LogP contribution < -0.4 is 20.4 Å². The largest absolute Gasteiger partial charge is 0.497 e. The molecule has 3 rings (SSSR count). The maximum atomic E-state index is 14.2. The first-order valence-electron chi connectivity index (χ1n) is 8.44. The number of nitrogens with one attached hydrogen (secondary N) is 1. The van der Waals surface area contributed by atoms with Crippen LogP contribution in [0.15, 0.2) is 41.4 Å². The molecule has 1 heterocycles. The van der Waals surface area contributed by atoms with Gasteiger partial charge < -0.3 is 20.0 Å². The second-order valence-corrected chi connectivity index (χ2v) is 5.73. The van der Waals surface area contributed by atoms with Gasteiger partial charge in [-0.3, -0.25) is 0 Å². The Labute approximate surface area is 155 Å². The van der Waals surface area contributed by atoms with E-state index in [1.165, 1.54) is 6.07 Å². The highest BCUT2D eigenvalue weighted by atomic mass is 19.1. The van der Waals surface area contributed by atoms with Crippen molar-refractivity contribution in [2.24, 2.45) is 4.99 Å². The van der Waals surface area contributed by atoms with Crippen LogP contribution in [-0.2, 0) is 6.54 Å². The van der Waals surface area contributed by atoms with E-state index in [-0.39, 0.29) is 17.7 Å². The summed E-state index contributed by atoms with van der Waals surface area (Å²) in [4.78, 5) is 8.54. The van der Waals surface area contributed by atoms with Gasteiger partial charge in [-0.15, -0.1) is 4.73 Å². The maximum absolute atomic E-state index is 14.2. The molecule has 2 aromatic carbocycles. The zero-order valence-corrected chi connectivity index (χ0v) is 15.4. The van der Waals surface area contributed by atoms with Crippen LogP contribution >= 0.6 is 0 Å². The van der Waals surface area contributed by atoms with E-state index in [1.54, 1.807) is 38.5 Å². The third-order valence-electron chi connectivity index (χ3n) is 4.08. The Morgan fingerprint density at radius 2 is 2.04 bits per heavy atom. The highest BCUT2D eigenvalue weighted by Crippen LogP contribution is 2.25. The first-order valence-corrected chi connectivity index (χ1v) is 8.44. The topological polar surface area (TPSA) is 80.9 Å². The normalized spacial score (nSPS) is 11.6. The zero-order chi connectivity index (χ0) is 19.4. The maximum Gasteiger partial charge on any atom is 0.261 e. The molecule has 0 saturated carbocycles. The van der Waals surface area contributed by atoms with Gasteiger partial charge in [0.2, 0.25) is 0 Å². The van der Waals surface area contributed by atoms with Gasteiger partial charge in [0, 0.05) is 23.6 Å². The van der Waals surface area contributed by atoms with Gasteiger partial charge in [-0.2, -0.15) is 0 Å². The molecule has 0 saturated heterocycles. The van der Waals surface area contributed by atoms with Crippen LogP contribution in [0.4, 0.5) is 10.2 Å². The first-order chi connectivity index (χ1) is 13.1. The lowest BCUT2D eigenvalue weighted by Gasteiger charge is -2.12. The molecule has 0 fully saturated rings. The van der Waals surface area contributed by atoms with Crippen LogP contribution in [0.2, 0.25) is 0 Å². The van der Waals surface area contributed by atoms with Crippen LogP contribution in [0.3, 0.4) is 0 Å². The second-order valence-electron chi connectivity index (χ2n) is 5.73. The van der Waals surface area contributed by atoms with Gasteiger partial charge in [0.1, 0.15) is 22.8 Å². The Balaban J connectivity index is 2.11. The van der Waals surface area contributed by atoms with Gasteiger partial charge in [-0.25, -0.2) is 14.4 Å². The van der Waals surface area contributed by atoms with Crippen LogP contribution in [0.25, 0.3) is 10.9 Å². The SMILES string of the molecule is CCNc1c2cccc(F)c2nc(=NCc2ccc(OC)cc2OC)n1O. The fraction of sp³-hybridized carbons (Fsp3) is 0.263. The number of hydrogen-bond donors (Lipinski definition) is 2. The van der Waals surface area contributed by atoms with Crippen LogP contribution in [-0.4, -0.2) is 35.7 Å². The summed E-state index contributed by atoms with van der Waals surface area (Å²) in [5.74, 6) is 1.11. The molecule has 0 spiro atoms. The average Bonchev–Trinajstić information content (AvgIpc) is 2.69. The molecular formula is C19H21FN4O3. The van der Waals surface area contributed by atoms with E-state index in [1.807, 2.05) is 13.0 Å². The molecule has 3 aromatic rings. The number of benzene rings is 2. The Kier molecular flexibility index (Phi) is 5.44. The van der Waals surface area contributed by atoms with E-state index in [2.05, 4.69) is 15.3 Å². The van der Waals surface area contributed by atoms with Crippen LogP contribution in [0.1, 0.15) is 12.5 Å². The minimum atomic E-state index is -0.481. The molecule has 2 N–H and O–H groups in total. The summed E-state index contributed by atoms with van der Waals surface area (Å²) in [6, 6.07) is 9.93.